The molecule has 0 aliphatic heterocycles. The summed E-state index contributed by atoms with van der Waals surface area (Å²) in [4.78, 5) is 29.7. The second-order valence-electron chi connectivity index (χ2n) is 1.62. The van der Waals surface area contributed by atoms with Crippen LogP contribution in [0.3, 0.4) is 0 Å². The molecular weight excluding hydrogens is 180 g/mol. The van der Waals surface area contributed by atoms with Crippen molar-refractivity contribution in [2.75, 3.05) is 0 Å². The standard InChI is InChI=1S/C5H6O5.Ca.2H/c6-3(5(9)10)1-2-4(7)8;;;/h1-2H2,(H,7,8)(H,9,10);;;/q;+2;2*-1. The maximum Gasteiger partial charge on any atom is 2.00 e. The number of rotatable bonds is 4. The summed E-state index contributed by atoms with van der Waals surface area (Å²) < 4.78 is 0. The van der Waals surface area contributed by atoms with Crippen LogP contribution in [0.2, 0.25) is 0 Å². The van der Waals surface area contributed by atoms with Gasteiger partial charge < -0.3 is 13.1 Å². The van der Waals surface area contributed by atoms with Crippen molar-refractivity contribution >= 4 is 55.5 Å². The predicted molar refractivity (Wildman–Crippen MR) is 37.5 cm³/mol. The molecule has 6 heteroatoms. The van der Waals surface area contributed by atoms with Crippen molar-refractivity contribution in [3.63, 3.8) is 0 Å². The molecule has 0 saturated heterocycles. The van der Waals surface area contributed by atoms with Gasteiger partial charge in [-0.15, -0.1) is 0 Å². The van der Waals surface area contributed by atoms with E-state index in [1.165, 1.54) is 0 Å². The Hall–Kier alpha value is -0.130. The van der Waals surface area contributed by atoms with E-state index in [2.05, 4.69) is 0 Å². The molecule has 0 fully saturated rings. The summed E-state index contributed by atoms with van der Waals surface area (Å²) in [5.74, 6) is -3.82. The average molecular weight is 188 g/mol. The van der Waals surface area contributed by atoms with E-state index in [9.17, 15) is 14.4 Å². The van der Waals surface area contributed by atoms with Gasteiger partial charge in [-0.3, -0.25) is 9.59 Å². The largest absolute Gasteiger partial charge is 2.00 e. The molecule has 0 spiro atoms. The van der Waals surface area contributed by atoms with E-state index in [1.54, 1.807) is 0 Å². The minimum absolute atomic E-state index is 0. The van der Waals surface area contributed by atoms with Crippen molar-refractivity contribution in [1.29, 1.82) is 0 Å². The Morgan fingerprint density at radius 3 is 1.82 bits per heavy atom. The number of carbonyl (C=O) groups is 3. The number of aliphatic carboxylic acids is 2. The molecule has 5 nitrogen and oxygen atoms in total. The summed E-state index contributed by atoms with van der Waals surface area (Å²) in [6.45, 7) is 0. The van der Waals surface area contributed by atoms with Gasteiger partial charge >= 0.3 is 49.7 Å². The Morgan fingerprint density at radius 2 is 1.55 bits per heavy atom. The van der Waals surface area contributed by atoms with E-state index in [0.717, 1.165) is 0 Å². The molecule has 0 heterocycles. The normalized spacial score (nSPS) is 8.00. The van der Waals surface area contributed by atoms with Gasteiger partial charge in [-0.2, -0.15) is 0 Å². The van der Waals surface area contributed by atoms with E-state index in [0.29, 0.717) is 0 Å². The minimum Gasteiger partial charge on any atom is -1.00 e. The monoisotopic (exact) mass is 188 g/mol. The summed E-state index contributed by atoms with van der Waals surface area (Å²) in [5.41, 5.74) is 0. The van der Waals surface area contributed by atoms with Crippen molar-refractivity contribution in [3.05, 3.63) is 0 Å². The molecule has 0 saturated carbocycles. The molecule has 0 aromatic rings. The summed E-state index contributed by atoms with van der Waals surface area (Å²) in [6.07, 6.45) is -0.865. The second kappa shape index (κ2) is 6.57. The molecule has 60 valence electrons. The Labute approximate surface area is 95.4 Å². The Bertz CT molecular complexity index is 184. The van der Waals surface area contributed by atoms with Crippen LogP contribution in [0.15, 0.2) is 0 Å². The maximum absolute atomic E-state index is 10.2. The number of carboxylic acid groups (broad SMARTS) is 2. The van der Waals surface area contributed by atoms with Gasteiger partial charge in [-0.05, 0) is 0 Å². The molecule has 0 atom stereocenters. The quantitative estimate of drug-likeness (QED) is 0.451. The first-order chi connectivity index (χ1) is 4.54. The summed E-state index contributed by atoms with van der Waals surface area (Å²) in [7, 11) is 0. The first kappa shape index (κ1) is 13.5. The zero-order valence-electron chi connectivity index (χ0n) is 7.74. The van der Waals surface area contributed by atoms with Crippen LogP contribution in [0.4, 0.5) is 0 Å². The van der Waals surface area contributed by atoms with Crippen LogP contribution >= 0.6 is 0 Å². The maximum atomic E-state index is 10.2. The molecule has 0 aliphatic rings. The van der Waals surface area contributed by atoms with Crippen molar-refractivity contribution in [3.8, 4) is 0 Å². The number of Topliss-reactive ketones (excluding diaryl/α,β-unsaturated/α-hetero) is 1. The molecule has 0 unspecified atom stereocenters. The molecule has 0 radical (unpaired) electrons. The van der Waals surface area contributed by atoms with Crippen LogP contribution in [0.25, 0.3) is 0 Å². The molecule has 0 aliphatic carbocycles. The first-order valence-corrected chi connectivity index (χ1v) is 2.52. The zero-order valence-corrected chi connectivity index (χ0v) is 7.95. The van der Waals surface area contributed by atoms with Crippen LogP contribution in [-0.2, 0) is 14.4 Å². The number of carboxylic acids is 2. The summed E-state index contributed by atoms with van der Waals surface area (Å²) >= 11 is 0. The minimum atomic E-state index is -1.58. The van der Waals surface area contributed by atoms with Gasteiger partial charge in [0.1, 0.15) is 0 Å². The van der Waals surface area contributed by atoms with E-state index in [4.69, 9.17) is 10.2 Å². The smallest absolute Gasteiger partial charge is 1.00 e. The van der Waals surface area contributed by atoms with Gasteiger partial charge in [0, 0.05) is 6.42 Å². The molecule has 0 aromatic heterocycles. The van der Waals surface area contributed by atoms with Crippen molar-refractivity contribution < 1.29 is 27.4 Å². The fourth-order valence-electron chi connectivity index (χ4n) is 0.327. The van der Waals surface area contributed by atoms with Crippen molar-refractivity contribution in [2.24, 2.45) is 0 Å². The molecule has 0 bridgehead atoms. The van der Waals surface area contributed by atoms with E-state index >= 15 is 0 Å². The Morgan fingerprint density at radius 1 is 1.09 bits per heavy atom. The van der Waals surface area contributed by atoms with Crippen LogP contribution in [0.1, 0.15) is 15.7 Å². The fraction of sp³-hybridized carbons (Fsp3) is 0.400. The Kier molecular flexibility index (Phi) is 8.04. The number of carbonyl (C=O) groups excluding carboxylic acids is 1. The molecule has 0 amide bonds. The van der Waals surface area contributed by atoms with Gasteiger partial charge in [0.25, 0.3) is 0 Å². The van der Waals surface area contributed by atoms with Gasteiger partial charge in [0.2, 0.25) is 5.78 Å². The Balaban J connectivity index is -0.000000135. The number of hydrogen-bond acceptors (Lipinski definition) is 3. The number of hydrogen-bond donors (Lipinski definition) is 2. The van der Waals surface area contributed by atoms with Crippen LogP contribution in [-0.4, -0.2) is 65.7 Å². The molecule has 2 N–H and O–H groups in total. The number of ketones is 1. The zero-order chi connectivity index (χ0) is 8.15. The average Bonchev–Trinajstić information content (AvgIpc) is 1.82. The van der Waals surface area contributed by atoms with E-state index in [1.807, 2.05) is 0 Å². The van der Waals surface area contributed by atoms with Gasteiger partial charge in [-0.1, -0.05) is 0 Å². The van der Waals surface area contributed by atoms with Gasteiger partial charge in [0.05, 0.1) is 6.42 Å². The SMILES string of the molecule is O=C(O)CCC(=O)C(=O)O.[Ca+2].[H-].[H-]. The molecule has 0 rings (SSSR count). The van der Waals surface area contributed by atoms with Gasteiger partial charge in [-0.25, -0.2) is 4.79 Å². The second-order valence-corrected chi connectivity index (χ2v) is 1.62. The van der Waals surface area contributed by atoms with Crippen molar-refractivity contribution in [1.82, 2.24) is 0 Å². The first-order valence-electron chi connectivity index (χ1n) is 2.52. The van der Waals surface area contributed by atoms with Gasteiger partial charge in [0.15, 0.2) is 0 Å². The molecular formula is C5H8CaO5. The van der Waals surface area contributed by atoms with Crippen LogP contribution in [0.5, 0.6) is 0 Å². The third-order valence-electron chi connectivity index (χ3n) is 0.804. The topological polar surface area (TPSA) is 91.7 Å². The fourth-order valence-corrected chi connectivity index (χ4v) is 0.327. The van der Waals surface area contributed by atoms with Crippen LogP contribution in [0, 0.1) is 0 Å². The summed E-state index contributed by atoms with van der Waals surface area (Å²) in [6, 6.07) is 0. The molecule has 0 aromatic carbocycles. The van der Waals surface area contributed by atoms with Crippen LogP contribution < -0.4 is 0 Å². The third-order valence-corrected chi connectivity index (χ3v) is 0.804. The van der Waals surface area contributed by atoms with E-state index in [-0.39, 0.29) is 40.6 Å². The van der Waals surface area contributed by atoms with Crippen molar-refractivity contribution in [2.45, 2.75) is 12.8 Å². The third kappa shape index (κ3) is 7.77. The molecule has 11 heavy (non-hydrogen) atoms. The predicted octanol–water partition coefficient (Wildman–Crippen LogP) is -0.651. The summed E-state index contributed by atoms with van der Waals surface area (Å²) in [5, 5.41) is 16.0. The van der Waals surface area contributed by atoms with E-state index < -0.39 is 30.6 Å².